The van der Waals surface area contributed by atoms with Crippen molar-refractivity contribution in [2.45, 2.75) is 37.3 Å². The number of dihydropyridines is 1. The Hall–Kier alpha value is -2.10. The van der Waals surface area contributed by atoms with Gasteiger partial charge in [0.05, 0.1) is 25.3 Å². The van der Waals surface area contributed by atoms with Gasteiger partial charge in [-0.25, -0.2) is 9.18 Å². The number of nitrogens with zero attached hydrogens (tertiary/aromatic N) is 2. The van der Waals surface area contributed by atoms with Crippen molar-refractivity contribution in [2.75, 3.05) is 32.8 Å². The van der Waals surface area contributed by atoms with E-state index in [1.165, 1.54) is 6.08 Å². The van der Waals surface area contributed by atoms with Gasteiger partial charge in [0.2, 0.25) is 0 Å². The van der Waals surface area contributed by atoms with Crippen molar-refractivity contribution in [1.29, 1.82) is 0 Å². The molecule has 9 heteroatoms. The highest BCUT2D eigenvalue weighted by Crippen LogP contribution is 2.41. The fourth-order valence-electron chi connectivity index (χ4n) is 4.68. The van der Waals surface area contributed by atoms with Gasteiger partial charge in [-0.3, -0.25) is 0 Å². The summed E-state index contributed by atoms with van der Waals surface area (Å²) in [6.07, 6.45) is 5.23. The zero-order valence-electron chi connectivity index (χ0n) is 15.6. The molecule has 4 N–H and O–H groups in total. The van der Waals surface area contributed by atoms with Crippen molar-refractivity contribution in [1.82, 2.24) is 15.1 Å². The predicted octanol–water partition coefficient (Wildman–Crippen LogP) is 0.451. The molecule has 5 rings (SSSR count). The van der Waals surface area contributed by atoms with E-state index in [4.69, 9.17) is 15.2 Å². The number of nitrogens with two attached hydrogens (primary N) is 1. The topological polar surface area (TPSA) is 100 Å². The maximum Gasteiger partial charge on any atom is 0.333 e. The summed E-state index contributed by atoms with van der Waals surface area (Å²) in [5.74, 6) is -1.75. The number of fused-ring (bicyclic) bond motifs is 1. The van der Waals surface area contributed by atoms with Crippen LogP contribution in [0.2, 0.25) is 0 Å². The van der Waals surface area contributed by atoms with Crippen LogP contribution in [0.5, 0.6) is 0 Å². The van der Waals surface area contributed by atoms with Crippen LogP contribution in [0.15, 0.2) is 35.1 Å². The third-order valence-corrected chi connectivity index (χ3v) is 6.25. The molecule has 0 aromatic heterocycles. The Bertz CT molecular complexity index is 785. The molecule has 0 radical (unpaired) electrons. The molecule has 28 heavy (non-hydrogen) atoms. The molecule has 2 saturated heterocycles. The van der Waals surface area contributed by atoms with Gasteiger partial charge >= 0.3 is 5.97 Å². The molecule has 3 fully saturated rings. The molecule has 4 aliphatic heterocycles. The molecule has 2 unspecified atom stereocenters. The normalized spacial score (nSPS) is 31.6. The van der Waals surface area contributed by atoms with Gasteiger partial charge in [-0.2, -0.15) is 0 Å². The fourth-order valence-corrected chi connectivity index (χ4v) is 4.68. The lowest BCUT2D eigenvalue weighted by molar-refractivity contribution is -0.170. The quantitative estimate of drug-likeness (QED) is 0.634. The van der Waals surface area contributed by atoms with Gasteiger partial charge in [0.15, 0.2) is 11.6 Å². The lowest BCUT2D eigenvalue weighted by Crippen LogP contribution is -2.52. The molecular weight excluding hydrogens is 367 g/mol. The first-order chi connectivity index (χ1) is 13.5. The molecule has 1 saturated carbocycles. The van der Waals surface area contributed by atoms with E-state index in [9.17, 15) is 9.90 Å². The summed E-state index contributed by atoms with van der Waals surface area (Å²) in [5.41, 5.74) is 6.97. The van der Waals surface area contributed by atoms with Crippen LogP contribution in [0.25, 0.3) is 0 Å². The first kappa shape index (κ1) is 18.0. The maximum absolute atomic E-state index is 15.0. The number of aliphatic carboxylic acids is 1. The van der Waals surface area contributed by atoms with Crippen molar-refractivity contribution in [3.05, 3.63) is 35.1 Å². The van der Waals surface area contributed by atoms with Crippen LogP contribution >= 0.6 is 0 Å². The van der Waals surface area contributed by atoms with E-state index in [0.717, 1.165) is 18.4 Å². The minimum Gasteiger partial charge on any atom is -0.478 e. The smallest absolute Gasteiger partial charge is 0.333 e. The largest absolute Gasteiger partial charge is 0.478 e. The molecular formula is C19H25FN4O4. The molecule has 5 aliphatic rings. The molecule has 0 aromatic rings. The number of allylic oxidation sites excluding steroid dienone is 2. The Labute approximate surface area is 162 Å². The van der Waals surface area contributed by atoms with Crippen LogP contribution in [-0.2, 0) is 14.3 Å². The molecule has 0 bridgehead atoms. The van der Waals surface area contributed by atoms with E-state index in [1.54, 1.807) is 6.20 Å². The molecule has 0 aromatic carbocycles. The van der Waals surface area contributed by atoms with Crippen molar-refractivity contribution in [3.63, 3.8) is 0 Å². The summed E-state index contributed by atoms with van der Waals surface area (Å²) in [5, 5.41) is 12.7. The molecule has 2 atom stereocenters. The van der Waals surface area contributed by atoms with Gasteiger partial charge in [-0.1, -0.05) is 0 Å². The second-order valence-electron chi connectivity index (χ2n) is 8.10. The number of hydrogen-bond donors (Lipinski definition) is 3. The van der Waals surface area contributed by atoms with Crippen molar-refractivity contribution < 1.29 is 23.8 Å². The highest BCUT2D eigenvalue weighted by atomic mass is 19.1. The van der Waals surface area contributed by atoms with Gasteiger partial charge in [-0.15, -0.1) is 0 Å². The highest BCUT2D eigenvalue weighted by molar-refractivity contribution is 5.87. The van der Waals surface area contributed by atoms with Crippen LogP contribution in [0.3, 0.4) is 0 Å². The summed E-state index contributed by atoms with van der Waals surface area (Å²) in [6.45, 7) is 2.39. The van der Waals surface area contributed by atoms with Crippen molar-refractivity contribution >= 4 is 5.97 Å². The number of hydrogen-bond acceptors (Lipinski definition) is 7. The third-order valence-electron chi connectivity index (χ3n) is 6.25. The Kier molecular flexibility index (Phi) is 4.15. The molecule has 4 heterocycles. The van der Waals surface area contributed by atoms with E-state index in [2.05, 4.69) is 5.32 Å². The van der Waals surface area contributed by atoms with E-state index in [-0.39, 0.29) is 24.3 Å². The first-order valence-electron chi connectivity index (χ1n) is 9.82. The predicted molar refractivity (Wildman–Crippen MR) is 97.1 cm³/mol. The number of carboxylic acids is 1. The van der Waals surface area contributed by atoms with Crippen LogP contribution < -0.4 is 11.1 Å². The first-order valence-corrected chi connectivity index (χ1v) is 9.82. The number of carbonyl (C=O) groups is 1. The average molecular weight is 392 g/mol. The van der Waals surface area contributed by atoms with Gasteiger partial charge in [0, 0.05) is 37.7 Å². The number of ether oxygens (including phenoxy) is 2. The second kappa shape index (κ2) is 6.47. The van der Waals surface area contributed by atoms with Crippen LogP contribution in [0.4, 0.5) is 4.39 Å². The molecule has 8 nitrogen and oxygen atoms in total. The number of likely N-dealkylation sites (tertiary alicyclic amines) is 1. The monoisotopic (exact) mass is 392 g/mol. The van der Waals surface area contributed by atoms with Crippen LogP contribution in [0.1, 0.15) is 19.3 Å². The van der Waals surface area contributed by atoms with Gasteiger partial charge in [0.1, 0.15) is 12.0 Å². The zero-order chi connectivity index (χ0) is 19.5. The van der Waals surface area contributed by atoms with E-state index in [0.29, 0.717) is 50.3 Å². The van der Waals surface area contributed by atoms with Gasteiger partial charge < -0.3 is 35.4 Å². The molecule has 152 valence electrons. The minimum absolute atomic E-state index is 0.0353. The number of halogens is 1. The molecule has 1 spiro atoms. The maximum atomic E-state index is 15.0. The van der Waals surface area contributed by atoms with Crippen LogP contribution in [-0.4, -0.2) is 71.7 Å². The summed E-state index contributed by atoms with van der Waals surface area (Å²) < 4.78 is 26.8. The average Bonchev–Trinajstić information content (AvgIpc) is 3.32. The van der Waals surface area contributed by atoms with Crippen LogP contribution in [0, 0.1) is 5.92 Å². The third kappa shape index (κ3) is 2.80. The number of nitrogens with one attached hydrogen (secondary N) is 1. The Morgan fingerprint density at radius 2 is 2.14 bits per heavy atom. The van der Waals surface area contributed by atoms with Gasteiger partial charge in [-0.05, 0) is 24.5 Å². The van der Waals surface area contributed by atoms with Crippen molar-refractivity contribution in [3.8, 4) is 0 Å². The number of rotatable bonds is 4. The fraction of sp³-hybridized carbons (Fsp3) is 0.632. The molecule has 0 amide bonds. The zero-order valence-corrected chi connectivity index (χ0v) is 15.6. The van der Waals surface area contributed by atoms with E-state index in [1.807, 2.05) is 9.80 Å². The Morgan fingerprint density at radius 3 is 2.79 bits per heavy atom. The van der Waals surface area contributed by atoms with Crippen molar-refractivity contribution in [2.24, 2.45) is 11.7 Å². The number of carboxylic acid groups (broad SMARTS) is 1. The Morgan fingerprint density at radius 1 is 1.39 bits per heavy atom. The Balaban J connectivity index is 1.43. The summed E-state index contributed by atoms with van der Waals surface area (Å²) in [7, 11) is 0. The summed E-state index contributed by atoms with van der Waals surface area (Å²) in [6, 6.07) is 0.293. The lowest BCUT2D eigenvalue weighted by Gasteiger charge is -2.42. The van der Waals surface area contributed by atoms with Gasteiger partial charge in [0.25, 0.3) is 0 Å². The summed E-state index contributed by atoms with van der Waals surface area (Å²) in [4.78, 5) is 15.4. The standard InChI is InChI=1S/C19H25FN4O4/c20-15-6-11-5-12(18(25)26)8-24(14-1-2-14)16(11)22-17(15)23-9-13(7-21)19(10-23)27-3-4-28-19/h6,8,13-14,16,22H,1-5,7,9-10,21H2,(H,25,26). The summed E-state index contributed by atoms with van der Waals surface area (Å²) >= 11 is 0. The van der Waals surface area contributed by atoms with E-state index >= 15 is 4.39 Å². The highest BCUT2D eigenvalue weighted by Gasteiger charge is 2.52. The van der Waals surface area contributed by atoms with E-state index < -0.39 is 11.8 Å². The minimum atomic E-state index is -0.956. The second-order valence-corrected chi connectivity index (χ2v) is 8.10. The SMILES string of the molecule is NCC1CN(C2=C(F)C=C3CC(C(=O)O)=CN(C4CC4)C3N2)CC12OCCO2. The lowest BCUT2D eigenvalue weighted by atomic mass is 9.96. The molecule has 1 aliphatic carbocycles.